The van der Waals surface area contributed by atoms with Gasteiger partial charge in [0.1, 0.15) is 6.04 Å². The molecule has 4 nitrogen and oxygen atoms in total. The highest BCUT2D eigenvalue weighted by Gasteiger charge is 2.19. The Morgan fingerprint density at radius 2 is 1.94 bits per heavy atom. The monoisotopic (exact) mass is 231 g/mol. The molecule has 0 aromatic heterocycles. The molecule has 0 amide bonds. The minimum absolute atomic E-state index is 0.172. The Kier molecular flexibility index (Phi) is 8.21. The Morgan fingerprint density at radius 3 is 2.38 bits per heavy atom. The second kappa shape index (κ2) is 8.53. The van der Waals surface area contributed by atoms with E-state index in [1.807, 2.05) is 6.92 Å². The van der Waals surface area contributed by atoms with Gasteiger partial charge >= 0.3 is 5.97 Å². The number of nitrogens with one attached hydrogen (secondary N) is 1. The molecule has 0 aliphatic heterocycles. The molecule has 1 N–H and O–H groups in total. The maximum atomic E-state index is 11.4. The Morgan fingerprint density at radius 1 is 1.31 bits per heavy atom. The van der Waals surface area contributed by atoms with Crippen LogP contribution in [-0.4, -0.2) is 38.4 Å². The third kappa shape index (κ3) is 6.80. The highest BCUT2D eigenvalue weighted by Crippen LogP contribution is 2.07. The van der Waals surface area contributed by atoms with Crippen LogP contribution in [0.1, 0.15) is 34.1 Å². The normalized spacial score (nSPS) is 14.9. The summed E-state index contributed by atoms with van der Waals surface area (Å²) in [6.07, 6.45) is 1.17. The van der Waals surface area contributed by atoms with Crippen molar-refractivity contribution in [2.75, 3.05) is 20.3 Å². The van der Waals surface area contributed by atoms with E-state index in [2.05, 4.69) is 19.2 Å². The van der Waals surface area contributed by atoms with Crippen molar-refractivity contribution < 1.29 is 14.3 Å². The van der Waals surface area contributed by atoms with Crippen molar-refractivity contribution in [1.82, 2.24) is 5.32 Å². The van der Waals surface area contributed by atoms with E-state index in [0.717, 1.165) is 6.42 Å². The lowest BCUT2D eigenvalue weighted by atomic mass is 10.1. The van der Waals surface area contributed by atoms with E-state index in [1.165, 1.54) is 0 Å². The summed E-state index contributed by atoms with van der Waals surface area (Å²) in [6.45, 7) is 8.90. The predicted octanol–water partition coefficient (Wildman–Crippen LogP) is 1.59. The second-order valence-corrected chi connectivity index (χ2v) is 4.37. The number of hydrogen-bond donors (Lipinski definition) is 1. The predicted molar refractivity (Wildman–Crippen MR) is 64.3 cm³/mol. The second-order valence-electron chi connectivity index (χ2n) is 4.37. The third-order valence-electron chi connectivity index (χ3n) is 2.27. The number of hydrogen-bond acceptors (Lipinski definition) is 4. The van der Waals surface area contributed by atoms with E-state index < -0.39 is 0 Å². The van der Waals surface area contributed by atoms with Crippen molar-refractivity contribution in [3.63, 3.8) is 0 Å². The molecule has 16 heavy (non-hydrogen) atoms. The van der Waals surface area contributed by atoms with Crippen molar-refractivity contribution in [3.8, 4) is 0 Å². The molecule has 4 heteroatoms. The molecule has 0 aliphatic rings. The molecule has 0 aliphatic carbocycles. The van der Waals surface area contributed by atoms with Crippen LogP contribution in [0.5, 0.6) is 0 Å². The van der Waals surface area contributed by atoms with Crippen molar-refractivity contribution in [1.29, 1.82) is 0 Å². The van der Waals surface area contributed by atoms with Crippen LogP contribution in [0.3, 0.4) is 0 Å². The third-order valence-corrected chi connectivity index (χ3v) is 2.27. The average Bonchev–Trinajstić information content (AvgIpc) is 2.17. The van der Waals surface area contributed by atoms with Crippen LogP contribution >= 0.6 is 0 Å². The highest BCUT2D eigenvalue weighted by molar-refractivity contribution is 5.75. The summed E-state index contributed by atoms with van der Waals surface area (Å²) >= 11 is 0. The first-order valence-corrected chi connectivity index (χ1v) is 5.96. The van der Waals surface area contributed by atoms with Crippen LogP contribution in [-0.2, 0) is 14.3 Å². The van der Waals surface area contributed by atoms with E-state index in [4.69, 9.17) is 9.47 Å². The van der Waals surface area contributed by atoms with E-state index in [1.54, 1.807) is 14.0 Å². The van der Waals surface area contributed by atoms with Crippen LogP contribution in [0.4, 0.5) is 0 Å². The van der Waals surface area contributed by atoms with Gasteiger partial charge in [-0.05, 0) is 33.2 Å². The molecule has 0 radical (unpaired) electrons. The minimum Gasteiger partial charge on any atom is -0.465 e. The van der Waals surface area contributed by atoms with Crippen molar-refractivity contribution in [2.24, 2.45) is 5.92 Å². The number of esters is 1. The number of likely N-dealkylation sites (N-methyl/N-ethyl adjacent to an activating group) is 1. The van der Waals surface area contributed by atoms with Crippen LogP contribution in [0.25, 0.3) is 0 Å². The van der Waals surface area contributed by atoms with Crippen LogP contribution in [0.15, 0.2) is 0 Å². The van der Waals surface area contributed by atoms with Gasteiger partial charge in [0.15, 0.2) is 0 Å². The van der Waals surface area contributed by atoms with Gasteiger partial charge in [0, 0.05) is 0 Å². The molecule has 0 saturated carbocycles. The van der Waals surface area contributed by atoms with Crippen LogP contribution < -0.4 is 5.32 Å². The fraction of sp³-hybridized carbons (Fsp3) is 0.917. The summed E-state index contributed by atoms with van der Waals surface area (Å²) < 4.78 is 10.5. The maximum Gasteiger partial charge on any atom is 0.325 e. The lowest BCUT2D eigenvalue weighted by Crippen LogP contribution is -2.40. The number of ether oxygens (including phenoxy) is 2. The topological polar surface area (TPSA) is 47.6 Å². The zero-order valence-corrected chi connectivity index (χ0v) is 11.1. The molecule has 96 valence electrons. The van der Waals surface area contributed by atoms with Crippen molar-refractivity contribution >= 4 is 5.97 Å². The molecule has 0 rings (SSSR count). The summed E-state index contributed by atoms with van der Waals surface area (Å²) in [4.78, 5) is 11.4. The molecule has 0 fully saturated rings. The van der Waals surface area contributed by atoms with E-state index >= 15 is 0 Å². The lowest BCUT2D eigenvalue weighted by molar-refractivity contribution is -0.147. The fourth-order valence-electron chi connectivity index (χ4n) is 1.50. The van der Waals surface area contributed by atoms with E-state index in [0.29, 0.717) is 19.1 Å². The van der Waals surface area contributed by atoms with Gasteiger partial charge in [-0.15, -0.1) is 0 Å². The van der Waals surface area contributed by atoms with Crippen LogP contribution in [0.2, 0.25) is 0 Å². The van der Waals surface area contributed by atoms with E-state index in [-0.39, 0.29) is 18.1 Å². The zero-order chi connectivity index (χ0) is 12.6. The Labute approximate surface area is 98.7 Å². The SMILES string of the molecule is CCOC(=O)C(COC(C)CC(C)C)NC. The Balaban J connectivity index is 3.90. The number of carbonyl (C=O) groups is 1. The molecule has 2 atom stereocenters. The Bertz CT molecular complexity index is 195. The van der Waals surface area contributed by atoms with Crippen molar-refractivity contribution in [2.45, 2.75) is 46.3 Å². The Hall–Kier alpha value is -0.610. The summed E-state index contributed by atoms with van der Waals surface area (Å²) in [5.74, 6) is 0.354. The lowest BCUT2D eigenvalue weighted by Gasteiger charge is -2.19. The molecule has 0 spiro atoms. The van der Waals surface area contributed by atoms with Crippen molar-refractivity contribution in [3.05, 3.63) is 0 Å². The summed E-state index contributed by atoms with van der Waals surface area (Å²) in [6, 6.07) is -0.366. The van der Waals surface area contributed by atoms with Gasteiger partial charge in [-0.25, -0.2) is 0 Å². The first kappa shape index (κ1) is 15.4. The smallest absolute Gasteiger partial charge is 0.325 e. The quantitative estimate of drug-likeness (QED) is 0.644. The standard InChI is InChI=1S/C12H25NO3/c1-6-15-12(14)11(13-5)8-16-10(4)7-9(2)3/h9-11,13H,6-8H2,1-5H3. The first-order chi connectivity index (χ1) is 7.51. The highest BCUT2D eigenvalue weighted by atomic mass is 16.5. The summed E-state index contributed by atoms with van der Waals surface area (Å²) in [7, 11) is 1.73. The number of carbonyl (C=O) groups excluding carboxylic acids is 1. The van der Waals surface area contributed by atoms with Gasteiger partial charge in [0.2, 0.25) is 0 Å². The van der Waals surface area contributed by atoms with E-state index in [9.17, 15) is 4.79 Å². The fourth-order valence-corrected chi connectivity index (χ4v) is 1.50. The van der Waals surface area contributed by atoms with Gasteiger partial charge < -0.3 is 14.8 Å². The molecule has 0 aromatic rings. The molecule has 0 heterocycles. The minimum atomic E-state index is -0.366. The maximum absolute atomic E-state index is 11.4. The van der Waals surface area contributed by atoms with Gasteiger partial charge in [-0.2, -0.15) is 0 Å². The average molecular weight is 231 g/mol. The first-order valence-electron chi connectivity index (χ1n) is 5.96. The molecular weight excluding hydrogens is 206 g/mol. The van der Waals surface area contributed by atoms with Gasteiger partial charge in [0.25, 0.3) is 0 Å². The number of rotatable bonds is 8. The molecule has 0 aromatic carbocycles. The molecule has 0 saturated heterocycles. The van der Waals surface area contributed by atoms with Gasteiger partial charge in [-0.1, -0.05) is 13.8 Å². The summed E-state index contributed by atoms with van der Waals surface area (Å²) in [5.41, 5.74) is 0. The molecule has 2 unspecified atom stereocenters. The van der Waals surface area contributed by atoms with Crippen LogP contribution in [0, 0.1) is 5.92 Å². The molecule has 0 bridgehead atoms. The largest absolute Gasteiger partial charge is 0.465 e. The zero-order valence-electron chi connectivity index (χ0n) is 11.1. The summed E-state index contributed by atoms with van der Waals surface area (Å²) in [5, 5.41) is 2.90. The van der Waals surface area contributed by atoms with Gasteiger partial charge in [-0.3, -0.25) is 4.79 Å². The molecular formula is C12H25NO3. The van der Waals surface area contributed by atoms with Gasteiger partial charge in [0.05, 0.1) is 19.3 Å².